The first-order valence-corrected chi connectivity index (χ1v) is 9.68. The van der Waals surface area contributed by atoms with Gasteiger partial charge in [-0.1, -0.05) is 24.3 Å². The van der Waals surface area contributed by atoms with Crippen molar-refractivity contribution in [1.82, 2.24) is 4.72 Å². The lowest BCUT2D eigenvalue weighted by Gasteiger charge is -2.27. The van der Waals surface area contributed by atoms with E-state index < -0.39 is 21.8 Å². The molecule has 2 aromatic rings. The van der Waals surface area contributed by atoms with Gasteiger partial charge in [0.05, 0.1) is 10.5 Å². The van der Waals surface area contributed by atoms with Crippen LogP contribution in [-0.2, 0) is 22.6 Å². The monoisotopic (exact) mass is 384 g/mol. The highest BCUT2D eigenvalue weighted by Gasteiger charge is 2.32. The zero-order valence-electron chi connectivity index (χ0n) is 14.1. The Morgan fingerprint density at radius 2 is 1.88 bits per heavy atom. The number of alkyl halides is 3. The maximum atomic E-state index is 12.8. The highest BCUT2D eigenvalue weighted by atomic mass is 32.2. The molecule has 1 atom stereocenters. The summed E-state index contributed by atoms with van der Waals surface area (Å²) in [6, 6.07) is 11.5. The van der Waals surface area contributed by atoms with Gasteiger partial charge in [-0.3, -0.25) is 0 Å². The largest absolute Gasteiger partial charge is 0.416 e. The van der Waals surface area contributed by atoms with Crippen LogP contribution in [0.15, 0.2) is 53.4 Å². The molecule has 1 aliphatic heterocycles. The minimum Gasteiger partial charge on any atom is -0.367 e. The lowest BCUT2D eigenvalue weighted by Crippen LogP contribution is -2.41. The van der Waals surface area contributed by atoms with Crippen LogP contribution in [0.2, 0.25) is 0 Å². The van der Waals surface area contributed by atoms with Crippen molar-refractivity contribution >= 4 is 15.7 Å². The molecule has 26 heavy (non-hydrogen) atoms. The molecule has 2 aromatic carbocycles. The molecule has 1 N–H and O–H groups in total. The molecule has 1 heterocycles. The fraction of sp³-hybridized carbons (Fsp3) is 0.333. The van der Waals surface area contributed by atoms with Crippen molar-refractivity contribution in [2.75, 3.05) is 18.0 Å². The number of nitrogens with zero attached hydrogens (tertiary/aromatic N) is 1. The molecule has 1 unspecified atom stereocenters. The summed E-state index contributed by atoms with van der Waals surface area (Å²) in [4.78, 5) is 1.71. The van der Waals surface area contributed by atoms with Crippen molar-refractivity contribution in [2.45, 2.75) is 30.5 Å². The minimum absolute atomic E-state index is 0.104. The normalized spacial score (nSPS) is 15.8. The van der Waals surface area contributed by atoms with Gasteiger partial charge in [0.1, 0.15) is 0 Å². The van der Waals surface area contributed by atoms with E-state index in [1.165, 1.54) is 5.56 Å². The second-order valence-electron chi connectivity index (χ2n) is 6.30. The standard InChI is InChI=1S/C18H19F3N2O2S/c1-13(23-10-9-14-5-2-3-8-17(14)23)12-22-26(24,25)16-7-4-6-15(11-16)18(19,20)21/h2-8,11,13,22H,9-10,12H2,1H3. The summed E-state index contributed by atoms with van der Waals surface area (Å²) in [5.74, 6) is 0. The molecule has 8 heteroatoms. The molecule has 0 aromatic heterocycles. The smallest absolute Gasteiger partial charge is 0.367 e. The molecular weight excluding hydrogens is 365 g/mol. The Kier molecular flexibility index (Phi) is 4.98. The molecule has 0 radical (unpaired) electrons. The van der Waals surface area contributed by atoms with Crippen molar-refractivity contribution in [3.8, 4) is 0 Å². The summed E-state index contributed by atoms with van der Waals surface area (Å²) in [7, 11) is -4.02. The number of hydrogen-bond donors (Lipinski definition) is 1. The molecule has 0 saturated carbocycles. The van der Waals surface area contributed by atoms with Crippen LogP contribution >= 0.6 is 0 Å². The van der Waals surface area contributed by atoms with Gasteiger partial charge in [0.25, 0.3) is 0 Å². The van der Waals surface area contributed by atoms with Crippen molar-refractivity contribution in [3.05, 3.63) is 59.7 Å². The topological polar surface area (TPSA) is 49.4 Å². The van der Waals surface area contributed by atoms with Crippen LogP contribution in [0.25, 0.3) is 0 Å². The third-order valence-corrected chi connectivity index (χ3v) is 5.92. The zero-order chi connectivity index (χ0) is 18.9. The van der Waals surface area contributed by atoms with E-state index in [4.69, 9.17) is 0 Å². The van der Waals surface area contributed by atoms with E-state index in [1.807, 2.05) is 31.2 Å². The van der Waals surface area contributed by atoms with Crippen molar-refractivity contribution in [2.24, 2.45) is 0 Å². The number of halogens is 3. The van der Waals surface area contributed by atoms with Gasteiger partial charge in [-0.15, -0.1) is 0 Å². The first-order chi connectivity index (χ1) is 12.2. The van der Waals surface area contributed by atoms with Gasteiger partial charge >= 0.3 is 6.18 Å². The van der Waals surface area contributed by atoms with Crippen molar-refractivity contribution in [3.63, 3.8) is 0 Å². The number of rotatable bonds is 5. The van der Waals surface area contributed by atoms with Gasteiger partial charge < -0.3 is 4.90 Å². The zero-order valence-corrected chi connectivity index (χ0v) is 14.9. The van der Waals surface area contributed by atoms with Crippen LogP contribution in [0, 0.1) is 0 Å². The van der Waals surface area contributed by atoms with Crippen molar-refractivity contribution in [1.29, 1.82) is 0 Å². The maximum absolute atomic E-state index is 12.8. The second-order valence-corrected chi connectivity index (χ2v) is 8.07. The first-order valence-electron chi connectivity index (χ1n) is 8.20. The third kappa shape index (κ3) is 3.86. The molecule has 0 bridgehead atoms. The van der Waals surface area contributed by atoms with E-state index in [0.717, 1.165) is 36.9 Å². The predicted molar refractivity (Wildman–Crippen MR) is 93.6 cm³/mol. The predicted octanol–water partition coefficient (Wildman–Crippen LogP) is 3.43. The molecule has 0 spiro atoms. The molecular formula is C18H19F3N2O2S. The van der Waals surface area contributed by atoms with E-state index in [1.54, 1.807) is 0 Å². The lowest BCUT2D eigenvalue weighted by molar-refractivity contribution is -0.137. The first kappa shape index (κ1) is 18.7. The summed E-state index contributed by atoms with van der Waals surface area (Å²) in [5.41, 5.74) is 1.29. The Morgan fingerprint density at radius 3 is 2.62 bits per heavy atom. The van der Waals surface area contributed by atoms with Crippen LogP contribution in [-0.4, -0.2) is 27.5 Å². The lowest BCUT2D eigenvalue weighted by atomic mass is 10.2. The molecule has 1 aliphatic rings. The Hall–Kier alpha value is -2.06. The Balaban J connectivity index is 1.71. The number of sulfonamides is 1. The molecule has 0 saturated heterocycles. The van der Waals surface area contributed by atoms with Gasteiger partial charge in [-0.2, -0.15) is 13.2 Å². The van der Waals surface area contributed by atoms with Crippen LogP contribution in [0.4, 0.5) is 18.9 Å². The van der Waals surface area contributed by atoms with Crippen LogP contribution < -0.4 is 9.62 Å². The van der Waals surface area contributed by atoms with Gasteiger partial charge in [-0.05, 0) is 43.2 Å². The summed E-state index contributed by atoms with van der Waals surface area (Å²) >= 11 is 0. The quantitative estimate of drug-likeness (QED) is 0.859. The van der Waals surface area contributed by atoms with Crippen molar-refractivity contribution < 1.29 is 21.6 Å². The number of benzene rings is 2. The van der Waals surface area contributed by atoms with Gasteiger partial charge in [-0.25, -0.2) is 13.1 Å². The number of fused-ring (bicyclic) bond motifs is 1. The minimum atomic E-state index is -4.59. The summed E-state index contributed by atoms with van der Waals surface area (Å²) in [6.45, 7) is 2.77. The van der Waals surface area contributed by atoms with E-state index in [2.05, 4.69) is 9.62 Å². The average Bonchev–Trinajstić information content (AvgIpc) is 3.03. The van der Waals surface area contributed by atoms with Crippen LogP contribution in [0.3, 0.4) is 0 Å². The SMILES string of the molecule is CC(CNS(=O)(=O)c1cccc(C(F)(F)F)c1)N1CCc2ccccc21. The summed E-state index contributed by atoms with van der Waals surface area (Å²) in [5, 5.41) is 0. The second kappa shape index (κ2) is 6.92. The fourth-order valence-electron chi connectivity index (χ4n) is 3.09. The number of para-hydroxylation sites is 1. The Bertz CT molecular complexity index is 897. The number of nitrogens with one attached hydrogen (secondary N) is 1. The maximum Gasteiger partial charge on any atom is 0.416 e. The molecule has 0 fully saturated rings. The molecule has 140 valence electrons. The van der Waals surface area contributed by atoms with Crippen LogP contribution in [0.5, 0.6) is 0 Å². The molecule has 3 rings (SSSR count). The molecule has 0 amide bonds. The van der Waals surface area contributed by atoms with E-state index in [9.17, 15) is 21.6 Å². The van der Waals surface area contributed by atoms with E-state index >= 15 is 0 Å². The van der Waals surface area contributed by atoms with Gasteiger partial charge in [0, 0.05) is 24.8 Å². The Morgan fingerprint density at radius 1 is 1.15 bits per heavy atom. The average molecular weight is 384 g/mol. The van der Waals surface area contributed by atoms with Crippen LogP contribution in [0.1, 0.15) is 18.1 Å². The van der Waals surface area contributed by atoms with Gasteiger partial charge in [0.15, 0.2) is 0 Å². The summed E-state index contributed by atoms with van der Waals surface area (Å²) < 4.78 is 65.6. The number of anilines is 1. The molecule has 4 nitrogen and oxygen atoms in total. The van der Waals surface area contributed by atoms with E-state index in [0.29, 0.717) is 6.07 Å². The highest BCUT2D eigenvalue weighted by Crippen LogP contribution is 2.31. The third-order valence-electron chi connectivity index (χ3n) is 4.50. The Labute approximate surface area is 150 Å². The summed E-state index contributed by atoms with van der Waals surface area (Å²) in [6.07, 6.45) is -3.70. The van der Waals surface area contributed by atoms with E-state index in [-0.39, 0.29) is 17.5 Å². The highest BCUT2D eigenvalue weighted by molar-refractivity contribution is 7.89. The number of hydrogen-bond acceptors (Lipinski definition) is 3. The molecule has 0 aliphatic carbocycles. The fourth-order valence-corrected chi connectivity index (χ4v) is 4.25. The van der Waals surface area contributed by atoms with Gasteiger partial charge in [0.2, 0.25) is 10.0 Å².